The molecule has 0 heterocycles. The van der Waals surface area contributed by atoms with Gasteiger partial charge in [-0.1, -0.05) is 39.7 Å². The molecule has 18 heavy (non-hydrogen) atoms. The summed E-state index contributed by atoms with van der Waals surface area (Å²) in [6.07, 6.45) is 0. The standard InChI is InChI=1S/C14H11BrClNO/c1-8-2-3-9(6-13(8)16)14(18)11-7-10(17)4-5-12(11)15/h2-7H,17H2,1H3. The Morgan fingerprint density at radius 2 is 1.94 bits per heavy atom. The molecule has 0 radical (unpaired) electrons. The van der Waals surface area contributed by atoms with Gasteiger partial charge in [0.1, 0.15) is 0 Å². The van der Waals surface area contributed by atoms with Crippen molar-refractivity contribution >= 4 is 39.0 Å². The predicted molar refractivity (Wildman–Crippen MR) is 78.2 cm³/mol. The van der Waals surface area contributed by atoms with Gasteiger partial charge < -0.3 is 5.73 Å². The lowest BCUT2D eigenvalue weighted by Crippen LogP contribution is -2.03. The van der Waals surface area contributed by atoms with E-state index in [1.807, 2.05) is 13.0 Å². The molecule has 0 amide bonds. The minimum absolute atomic E-state index is 0.101. The SMILES string of the molecule is Cc1ccc(C(=O)c2cc(N)ccc2Br)cc1Cl. The maximum Gasteiger partial charge on any atom is 0.194 e. The second kappa shape index (κ2) is 5.12. The van der Waals surface area contributed by atoms with Crippen molar-refractivity contribution in [2.75, 3.05) is 5.73 Å². The summed E-state index contributed by atoms with van der Waals surface area (Å²) in [6, 6.07) is 10.4. The van der Waals surface area contributed by atoms with Crippen LogP contribution in [0, 0.1) is 6.92 Å². The quantitative estimate of drug-likeness (QED) is 0.664. The van der Waals surface area contributed by atoms with E-state index in [1.165, 1.54) is 0 Å². The van der Waals surface area contributed by atoms with Crippen LogP contribution in [0.3, 0.4) is 0 Å². The monoisotopic (exact) mass is 323 g/mol. The van der Waals surface area contributed by atoms with Crippen LogP contribution in [0.25, 0.3) is 0 Å². The largest absolute Gasteiger partial charge is 0.399 e. The fourth-order valence-electron chi connectivity index (χ4n) is 1.61. The first-order valence-corrected chi connectivity index (χ1v) is 6.52. The molecule has 0 saturated heterocycles. The molecule has 0 bridgehead atoms. The summed E-state index contributed by atoms with van der Waals surface area (Å²) >= 11 is 9.38. The molecule has 92 valence electrons. The summed E-state index contributed by atoms with van der Waals surface area (Å²) in [7, 11) is 0. The first kappa shape index (κ1) is 13.1. The lowest BCUT2D eigenvalue weighted by atomic mass is 10.0. The number of anilines is 1. The van der Waals surface area contributed by atoms with Gasteiger partial charge in [-0.15, -0.1) is 0 Å². The van der Waals surface area contributed by atoms with Gasteiger partial charge in [0.2, 0.25) is 0 Å². The summed E-state index contributed by atoms with van der Waals surface area (Å²) in [5.41, 5.74) is 8.29. The summed E-state index contributed by atoms with van der Waals surface area (Å²) < 4.78 is 0.721. The number of benzene rings is 2. The average molecular weight is 325 g/mol. The van der Waals surface area contributed by atoms with Crippen LogP contribution >= 0.6 is 27.5 Å². The van der Waals surface area contributed by atoms with Crippen molar-refractivity contribution in [3.8, 4) is 0 Å². The molecular formula is C14H11BrClNO. The van der Waals surface area contributed by atoms with Gasteiger partial charge in [-0.05, 0) is 36.8 Å². The highest BCUT2D eigenvalue weighted by Crippen LogP contribution is 2.24. The second-order valence-electron chi connectivity index (χ2n) is 4.03. The van der Waals surface area contributed by atoms with Gasteiger partial charge in [0, 0.05) is 26.3 Å². The number of aryl methyl sites for hydroxylation is 1. The summed E-state index contributed by atoms with van der Waals surface area (Å²) in [5, 5.41) is 0.584. The molecule has 0 aromatic heterocycles. The number of carbonyl (C=O) groups is 1. The van der Waals surface area contributed by atoms with E-state index >= 15 is 0 Å². The molecule has 0 aliphatic carbocycles. The average Bonchev–Trinajstić information content (AvgIpc) is 2.35. The summed E-state index contributed by atoms with van der Waals surface area (Å²) in [6.45, 7) is 1.90. The van der Waals surface area contributed by atoms with Crippen LogP contribution in [0.4, 0.5) is 5.69 Å². The Morgan fingerprint density at radius 1 is 1.22 bits per heavy atom. The fraction of sp³-hybridized carbons (Fsp3) is 0.0714. The minimum atomic E-state index is -0.101. The number of hydrogen-bond donors (Lipinski definition) is 1. The van der Waals surface area contributed by atoms with Crippen LogP contribution < -0.4 is 5.73 Å². The number of halogens is 2. The highest BCUT2D eigenvalue weighted by molar-refractivity contribution is 9.10. The van der Waals surface area contributed by atoms with Crippen LogP contribution in [0.15, 0.2) is 40.9 Å². The van der Waals surface area contributed by atoms with Crippen LogP contribution in [-0.2, 0) is 0 Å². The van der Waals surface area contributed by atoms with Gasteiger partial charge >= 0.3 is 0 Å². The third kappa shape index (κ3) is 2.57. The van der Waals surface area contributed by atoms with Crippen molar-refractivity contribution in [1.82, 2.24) is 0 Å². The number of ketones is 1. The third-order valence-corrected chi connectivity index (χ3v) is 3.77. The van der Waals surface area contributed by atoms with E-state index in [0.717, 1.165) is 10.0 Å². The van der Waals surface area contributed by atoms with Crippen molar-refractivity contribution in [1.29, 1.82) is 0 Å². The van der Waals surface area contributed by atoms with Crippen molar-refractivity contribution in [2.45, 2.75) is 6.92 Å². The molecule has 0 aliphatic rings. The first-order chi connectivity index (χ1) is 8.49. The van der Waals surface area contributed by atoms with Gasteiger partial charge in [0.05, 0.1) is 0 Å². The molecule has 0 atom stereocenters. The fourth-order valence-corrected chi connectivity index (χ4v) is 2.21. The van der Waals surface area contributed by atoms with Crippen LogP contribution in [0.5, 0.6) is 0 Å². The molecular weight excluding hydrogens is 314 g/mol. The summed E-state index contributed by atoms with van der Waals surface area (Å²) in [5.74, 6) is -0.101. The maximum absolute atomic E-state index is 12.3. The number of nitrogen functional groups attached to an aromatic ring is 1. The van der Waals surface area contributed by atoms with Gasteiger partial charge in [-0.25, -0.2) is 0 Å². The van der Waals surface area contributed by atoms with Crippen LogP contribution in [0.2, 0.25) is 5.02 Å². The van der Waals surface area contributed by atoms with E-state index in [1.54, 1.807) is 30.3 Å². The van der Waals surface area contributed by atoms with E-state index < -0.39 is 0 Å². The summed E-state index contributed by atoms with van der Waals surface area (Å²) in [4.78, 5) is 12.3. The third-order valence-electron chi connectivity index (χ3n) is 2.67. The molecule has 2 nitrogen and oxygen atoms in total. The predicted octanol–water partition coefficient (Wildman–Crippen LogP) is 4.22. The van der Waals surface area contributed by atoms with Gasteiger partial charge in [-0.2, -0.15) is 0 Å². The van der Waals surface area contributed by atoms with E-state index in [9.17, 15) is 4.79 Å². The topological polar surface area (TPSA) is 43.1 Å². The smallest absolute Gasteiger partial charge is 0.194 e. The minimum Gasteiger partial charge on any atom is -0.399 e. The highest BCUT2D eigenvalue weighted by atomic mass is 79.9. The Balaban J connectivity index is 2.47. The molecule has 2 rings (SSSR count). The molecule has 2 aromatic rings. The molecule has 0 fully saturated rings. The van der Waals surface area contributed by atoms with Crippen molar-refractivity contribution < 1.29 is 4.79 Å². The Bertz CT molecular complexity index is 625. The van der Waals surface area contributed by atoms with Gasteiger partial charge in [0.15, 0.2) is 5.78 Å². The Morgan fingerprint density at radius 3 is 2.61 bits per heavy atom. The second-order valence-corrected chi connectivity index (χ2v) is 5.29. The Labute approximate surface area is 119 Å². The van der Waals surface area contributed by atoms with Crippen LogP contribution in [-0.4, -0.2) is 5.78 Å². The highest BCUT2D eigenvalue weighted by Gasteiger charge is 2.13. The molecule has 0 saturated carbocycles. The van der Waals surface area contributed by atoms with E-state index in [4.69, 9.17) is 17.3 Å². The maximum atomic E-state index is 12.3. The van der Waals surface area contributed by atoms with Crippen LogP contribution in [0.1, 0.15) is 21.5 Å². The van der Waals surface area contributed by atoms with E-state index in [-0.39, 0.29) is 5.78 Å². The van der Waals surface area contributed by atoms with Crippen molar-refractivity contribution in [3.63, 3.8) is 0 Å². The zero-order chi connectivity index (χ0) is 13.3. The number of rotatable bonds is 2. The van der Waals surface area contributed by atoms with Gasteiger partial charge in [0.25, 0.3) is 0 Å². The zero-order valence-corrected chi connectivity index (χ0v) is 12.0. The van der Waals surface area contributed by atoms with Crippen molar-refractivity contribution in [3.05, 3.63) is 62.6 Å². The van der Waals surface area contributed by atoms with E-state index in [0.29, 0.717) is 21.8 Å². The molecule has 4 heteroatoms. The molecule has 2 aromatic carbocycles. The normalized spacial score (nSPS) is 10.4. The Hall–Kier alpha value is -1.32. The zero-order valence-electron chi connectivity index (χ0n) is 9.71. The molecule has 0 aliphatic heterocycles. The van der Waals surface area contributed by atoms with E-state index in [2.05, 4.69) is 15.9 Å². The lowest BCUT2D eigenvalue weighted by molar-refractivity contribution is 0.103. The lowest BCUT2D eigenvalue weighted by Gasteiger charge is -2.06. The number of carbonyl (C=O) groups excluding carboxylic acids is 1. The number of hydrogen-bond acceptors (Lipinski definition) is 2. The first-order valence-electron chi connectivity index (χ1n) is 5.35. The van der Waals surface area contributed by atoms with Gasteiger partial charge in [-0.3, -0.25) is 4.79 Å². The molecule has 2 N–H and O–H groups in total. The van der Waals surface area contributed by atoms with Crippen molar-refractivity contribution in [2.24, 2.45) is 0 Å². The molecule has 0 unspecified atom stereocenters. The molecule has 0 spiro atoms. The number of nitrogens with two attached hydrogens (primary N) is 1. The Kier molecular flexibility index (Phi) is 3.73.